The molecule has 10 atom stereocenters. The standard InChI is InChI=1S/C39H56O2/c1-26-18-21-36(5)24-25-38(7)29(34(36)27(26)2)15-16-31-37(6)22-20-32(35(3,4)30(37)19-23-39(31,38)8)41-33(40)17-14-28-12-10-9-11-13-28/h9-15,17,26-27,30-32,34H,16,18-25H2,1-8H3/b17-14+/t26-,27+,30?,31?,32+,34+,36-,37+,38-,39-/m1/s1. The molecule has 1 aromatic rings. The molecule has 0 radical (unpaired) electrons. The van der Waals surface area contributed by atoms with Crippen LogP contribution in [-0.4, -0.2) is 12.1 Å². The van der Waals surface area contributed by atoms with Gasteiger partial charge in [0.25, 0.3) is 0 Å². The van der Waals surface area contributed by atoms with E-state index in [2.05, 4.69) is 61.5 Å². The number of hydrogen-bond donors (Lipinski definition) is 0. The van der Waals surface area contributed by atoms with E-state index in [0.29, 0.717) is 28.1 Å². The van der Waals surface area contributed by atoms with E-state index in [1.54, 1.807) is 6.08 Å². The molecule has 0 spiro atoms. The van der Waals surface area contributed by atoms with Gasteiger partial charge in [0.15, 0.2) is 0 Å². The molecular weight excluding hydrogens is 500 g/mol. The molecule has 224 valence electrons. The van der Waals surface area contributed by atoms with Crippen molar-refractivity contribution >= 4 is 12.0 Å². The molecule has 4 fully saturated rings. The maximum absolute atomic E-state index is 13.0. The van der Waals surface area contributed by atoms with Crippen molar-refractivity contribution in [3.05, 3.63) is 53.6 Å². The lowest BCUT2D eigenvalue weighted by Gasteiger charge is -2.71. The van der Waals surface area contributed by atoms with Crippen molar-refractivity contribution in [3.63, 3.8) is 0 Å². The Balaban J connectivity index is 1.26. The number of allylic oxidation sites excluding steroid dienone is 2. The summed E-state index contributed by atoms with van der Waals surface area (Å²) in [4.78, 5) is 13.0. The smallest absolute Gasteiger partial charge is 0.331 e. The van der Waals surface area contributed by atoms with Crippen LogP contribution < -0.4 is 0 Å². The van der Waals surface area contributed by atoms with E-state index in [-0.39, 0.29) is 22.9 Å². The number of esters is 1. The van der Waals surface area contributed by atoms with Crippen LogP contribution in [0.4, 0.5) is 0 Å². The lowest BCUT2D eigenvalue weighted by molar-refractivity contribution is -0.211. The highest BCUT2D eigenvalue weighted by Crippen LogP contribution is 2.75. The Labute approximate surface area is 250 Å². The summed E-state index contributed by atoms with van der Waals surface area (Å²) in [6.07, 6.45) is 17.8. The lowest BCUT2D eigenvalue weighted by Crippen LogP contribution is -2.65. The zero-order chi connectivity index (χ0) is 29.4. The molecule has 0 N–H and O–H groups in total. The number of fused-ring (bicyclic) bond motifs is 7. The minimum Gasteiger partial charge on any atom is -0.459 e. The van der Waals surface area contributed by atoms with Crippen molar-refractivity contribution in [1.82, 2.24) is 0 Å². The van der Waals surface area contributed by atoms with Crippen molar-refractivity contribution in [1.29, 1.82) is 0 Å². The topological polar surface area (TPSA) is 26.3 Å². The summed E-state index contributed by atoms with van der Waals surface area (Å²) in [6.45, 7) is 20.6. The van der Waals surface area contributed by atoms with Crippen molar-refractivity contribution in [2.45, 2.75) is 119 Å². The lowest BCUT2D eigenvalue weighted by atomic mass is 9.33. The number of rotatable bonds is 3. The van der Waals surface area contributed by atoms with Gasteiger partial charge in [0.2, 0.25) is 0 Å². The van der Waals surface area contributed by atoms with E-state index < -0.39 is 0 Å². The van der Waals surface area contributed by atoms with Gasteiger partial charge in [-0.1, -0.05) is 97.4 Å². The molecule has 5 aliphatic carbocycles. The number of hydrogen-bond acceptors (Lipinski definition) is 2. The Morgan fingerprint density at radius 1 is 0.854 bits per heavy atom. The number of benzene rings is 1. The van der Waals surface area contributed by atoms with Gasteiger partial charge in [-0.25, -0.2) is 4.79 Å². The Morgan fingerprint density at radius 2 is 1.59 bits per heavy atom. The molecule has 0 aromatic heterocycles. The van der Waals surface area contributed by atoms with Gasteiger partial charge < -0.3 is 4.74 Å². The zero-order valence-corrected chi connectivity index (χ0v) is 27.3. The minimum atomic E-state index is -0.199. The van der Waals surface area contributed by atoms with Crippen LogP contribution in [0.25, 0.3) is 6.08 Å². The van der Waals surface area contributed by atoms with Gasteiger partial charge in [0.05, 0.1) is 0 Å². The molecule has 0 bridgehead atoms. The van der Waals surface area contributed by atoms with Crippen LogP contribution in [-0.2, 0) is 9.53 Å². The normalized spacial score (nSPS) is 46.9. The summed E-state index contributed by atoms with van der Waals surface area (Å²) >= 11 is 0. The largest absolute Gasteiger partial charge is 0.459 e. The van der Waals surface area contributed by atoms with E-state index in [1.165, 1.54) is 44.9 Å². The molecule has 0 saturated heterocycles. The predicted molar refractivity (Wildman–Crippen MR) is 170 cm³/mol. The van der Waals surface area contributed by atoms with E-state index in [4.69, 9.17) is 4.74 Å². The molecule has 6 rings (SSSR count). The highest BCUT2D eigenvalue weighted by atomic mass is 16.5. The highest BCUT2D eigenvalue weighted by molar-refractivity contribution is 5.87. The van der Waals surface area contributed by atoms with Gasteiger partial charge in [-0.3, -0.25) is 0 Å². The fourth-order valence-corrected chi connectivity index (χ4v) is 11.9. The third-order valence-corrected chi connectivity index (χ3v) is 14.8. The SMILES string of the molecule is C[C@H]1[C@H](C)CC[C@]2(C)CC[C@]3(C)C(=CCC4[C@@]5(C)CC[C@H](OC(=O)/C=C/c6ccccc6)C(C)(C)C5CC[C@]43C)[C@H]12. The van der Waals surface area contributed by atoms with Crippen molar-refractivity contribution in [3.8, 4) is 0 Å². The van der Waals surface area contributed by atoms with Crippen molar-refractivity contribution in [2.75, 3.05) is 0 Å². The number of carbonyl (C=O) groups excluding carboxylic acids is 1. The Kier molecular flexibility index (Phi) is 7.03. The van der Waals surface area contributed by atoms with E-state index in [0.717, 1.165) is 36.2 Å². The van der Waals surface area contributed by atoms with Crippen LogP contribution in [0.15, 0.2) is 48.1 Å². The Hall–Kier alpha value is -1.83. The summed E-state index contributed by atoms with van der Waals surface area (Å²) in [6, 6.07) is 10.0. The minimum absolute atomic E-state index is 0.0249. The maximum atomic E-state index is 13.0. The highest BCUT2D eigenvalue weighted by Gasteiger charge is 2.68. The van der Waals surface area contributed by atoms with Crippen LogP contribution in [0.2, 0.25) is 0 Å². The molecule has 2 heteroatoms. The summed E-state index contributed by atoms with van der Waals surface area (Å²) in [5, 5.41) is 0. The fraction of sp³-hybridized carbons (Fsp3) is 0.718. The van der Waals surface area contributed by atoms with E-state index >= 15 is 0 Å². The second-order valence-corrected chi connectivity index (χ2v) is 16.8. The van der Waals surface area contributed by atoms with Gasteiger partial charge >= 0.3 is 5.97 Å². The van der Waals surface area contributed by atoms with Crippen LogP contribution in [0.1, 0.15) is 119 Å². The summed E-state index contributed by atoms with van der Waals surface area (Å²) < 4.78 is 6.24. The zero-order valence-electron chi connectivity index (χ0n) is 27.3. The Morgan fingerprint density at radius 3 is 2.32 bits per heavy atom. The molecule has 0 aliphatic heterocycles. The van der Waals surface area contributed by atoms with Gasteiger partial charge in [-0.15, -0.1) is 0 Å². The third kappa shape index (κ3) is 4.27. The molecule has 4 saturated carbocycles. The van der Waals surface area contributed by atoms with Gasteiger partial charge in [-0.2, -0.15) is 0 Å². The second kappa shape index (κ2) is 9.85. The van der Waals surface area contributed by atoms with Crippen molar-refractivity contribution in [2.24, 2.45) is 56.7 Å². The quantitative estimate of drug-likeness (QED) is 0.210. The average molecular weight is 557 g/mol. The molecule has 0 amide bonds. The van der Waals surface area contributed by atoms with Crippen LogP contribution >= 0.6 is 0 Å². The fourth-order valence-electron chi connectivity index (χ4n) is 11.9. The van der Waals surface area contributed by atoms with Crippen molar-refractivity contribution < 1.29 is 9.53 Å². The molecule has 41 heavy (non-hydrogen) atoms. The first-order valence-electron chi connectivity index (χ1n) is 16.9. The molecular formula is C39H56O2. The van der Waals surface area contributed by atoms with Gasteiger partial charge in [-0.05, 0) is 121 Å². The number of carbonyl (C=O) groups is 1. The van der Waals surface area contributed by atoms with Gasteiger partial charge in [0, 0.05) is 11.5 Å². The van der Waals surface area contributed by atoms with Crippen LogP contribution in [0.3, 0.4) is 0 Å². The first kappa shape index (κ1) is 29.3. The summed E-state index contributed by atoms with van der Waals surface area (Å²) in [5.74, 6) is 3.43. The first-order valence-corrected chi connectivity index (χ1v) is 16.9. The van der Waals surface area contributed by atoms with Gasteiger partial charge in [0.1, 0.15) is 6.10 Å². The number of ether oxygens (including phenoxy) is 1. The average Bonchev–Trinajstić information content (AvgIpc) is 2.93. The maximum Gasteiger partial charge on any atom is 0.331 e. The van der Waals surface area contributed by atoms with Crippen LogP contribution in [0, 0.1) is 56.7 Å². The van der Waals surface area contributed by atoms with E-state index in [1.807, 2.05) is 42.0 Å². The van der Waals surface area contributed by atoms with E-state index in [9.17, 15) is 4.79 Å². The molecule has 2 unspecified atom stereocenters. The van der Waals surface area contributed by atoms with Crippen LogP contribution in [0.5, 0.6) is 0 Å². The first-order chi connectivity index (χ1) is 19.3. The molecule has 1 aromatic carbocycles. The second-order valence-electron chi connectivity index (χ2n) is 16.8. The monoisotopic (exact) mass is 556 g/mol. The summed E-state index contributed by atoms with van der Waals surface area (Å²) in [7, 11) is 0. The Bertz CT molecular complexity index is 1230. The molecule has 2 nitrogen and oxygen atoms in total. The third-order valence-electron chi connectivity index (χ3n) is 14.8. The summed E-state index contributed by atoms with van der Waals surface area (Å²) in [5.41, 5.74) is 4.25. The molecule has 0 heterocycles. The predicted octanol–water partition coefficient (Wildman–Crippen LogP) is 10.3. The molecule has 5 aliphatic rings.